The molecule has 0 saturated carbocycles. The maximum Gasteiger partial charge on any atom is 0.341 e. The van der Waals surface area contributed by atoms with E-state index in [0.29, 0.717) is 0 Å². The molecule has 0 spiro atoms. The molecule has 1 rings (SSSR count). The van der Waals surface area contributed by atoms with E-state index in [9.17, 15) is 34.2 Å². The Bertz CT molecular complexity index is 858. The number of aliphatic carboxylic acids is 5. The molecule has 0 heterocycles. The predicted molar refractivity (Wildman–Crippen MR) is 105 cm³/mol. The summed E-state index contributed by atoms with van der Waals surface area (Å²) in [4.78, 5) is 58.1. The molecule has 176 valence electrons. The molecule has 14 nitrogen and oxygen atoms in total. The number of hydrogen-bond donors (Lipinski definition) is 6. The van der Waals surface area contributed by atoms with Gasteiger partial charge in [-0.25, -0.2) is 4.79 Å². The summed E-state index contributed by atoms with van der Waals surface area (Å²) in [6.45, 7) is -3.59. The van der Waals surface area contributed by atoms with E-state index >= 15 is 0 Å². The molecule has 0 aliphatic heterocycles. The highest BCUT2D eigenvalue weighted by Gasteiger charge is 2.32. The molecule has 0 amide bonds. The second kappa shape index (κ2) is 12.1. The quantitative estimate of drug-likeness (QED) is 0.168. The zero-order valence-corrected chi connectivity index (χ0v) is 16.7. The van der Waals surface area contributed by atoms with Gasteiger partial charge in [0.25, 0.3) is 0 Å². The third-order valence-corrected chi connectivity index (χ3v) is 4.04. The van der Waals surface area contributed by atoms with Crippen LogP contribution in [0.25, 0.3) is 0 Å². The van der Waals surface area contributed by atoms with Crippen LogP contribution in [-0.2, 0) is 24.0 Å². The summed E-state index contributed by atoms with van der Waals surface area (Å²) in [5, 5.41) is 45.8. The lowest BCUT2D eigenvalue weighted by atomic mass is 10.0. The van der Waals surface area contributed by atoms with Crippen LogP contribution < -0.4 is 10.5 Å². The van der Waals surface area contributed by atoms with Gasteiger partial charge in [0.05, 0.1) is 19.6 Å². The van der Waals surface area contributed by atoms with E-state index in [1.165, 1.54) is 18.2 Å². The zero-order valence-electron chi connectivity index (χ0n) is 16.7. The van der Waals surface area contributed by atoms with Gasteiger partial charge < -0.3 is 36.0 Å². The zero-order chi connectivity index (χ0) is 24.4. The second-order valence-electron chi connectivity index (χ2n) is 6.58. The van der Waals surface area contributed by atoms with Crippen molar-refractivity contribution in [2.45, 2.75) is 6.04 Å². The number of nitrogens with two attached hydrogens (primary N) is 1. The summed E-state index contributed by atoms with van der Waals surface area (Å²) in [7, 11) is 0. The molecule has 7 N–H and O–H groups in total. The maximum absolute atomic E-state index is 12.1. The Hall–Kier alpha value is -3.91. The molecule has 0 aliphatic carbocycles. The van der Waals surface area contributed by atoms with Gasteiger partial charge in [0.2, 0.25) is 0 Å². The van der Waals surface area contributed by atoms with Crippen molar-refractivity contribution in [3.8, 4) is 5.75 Å². The van der Waals surface area contributed by atoms with Crippen molar-refractivity contribution in [1.82, 2.24) is 9.80 Å². The van der Waals surface area contributed by atoms with E-state index in [1.807, 2.05) is 0 Å². The molecule has 1 aromatic rings. The molecule has 0 aromatic heterocycles. The van der Waals surface area contributed by atoms with E-state index in [2.05, 4.69) is 0 Å². The second-order valence-corrected chi connectivity index (χ2v) is 6.58. The Labute approximate surface area is 181 Å². The highest BCUT2D eigenvalue weighted by Crippen LogP contribution is 2.32. The number of rotatable bonds is 15. The summed E-state index contributed by atoms with van der Waals surface area (Å²) >= 11 is 0. The topological polar surface area (TPSA) is 228 Å². The number of nitrogens with zero attached hydrogens (tertiary/aromatic N) is 2. The molecule has 0 saturated heterocycles. The molecule has 1 unspecified atom stereocenters. The molecule has 1 atom stereocenters. The molecule has 0 bridgehead atoms. The number of hydrogen-bond acceptors (Lipinski definition) is 9. The predicted octanol–water partition coefficient (Wildman–Crippen LogP) is -1.28. The van der Waals surface area contributed by atoms with Gasteiger partial charge in [-0.15, -0.1) is 0 Å². The van der Waals surface area contributed by atoms with Gasteiger partial charge in [0.1, 0.15) is 11.8 Å². The highest BCUT2D eigenvalue weighted by atomic mass is 16.5. The van der Waals surface area contributed by atoms with E-state index in [-0.39, 0.29) is 30.1 Å². The normalized spacial score (nSPS) is 11.8. The van der Waals surface area contributed by atoms with Gasteiger partial charge in [-0.2, -0.15) is 0 Å². The highest BCUT2D eigenvalue weighted by molar-refractivity contribution is 5.79. The van der Waals surface area contributed by atoms with E-state index < -0.39 is 62.1 Å². The standard InChI is InChI=1S/C18H23N3O11/c19-10-1-2-12(32-9-16(28)29)11(5-10)17(18(30)31)21(8-15(26)27)4-3-20(6-13(22)23)7-14(24)25/h1-2,5,17H,3-4,6-9,19H2,(H,22,23)(H,24,25)(H,26,27)(H,28,29)(H,30,31). The average molecular weight is 457 g/mol. The van der Waals surface area contributed by atoms with E-state index in [4.69, 9.17) is 25.8 Å². The monoisotopic (exact) mass is 457 g/mol. The summed E-state index contributed by atoms with van der Waals surface area (Å²) in [6, 6.07) is 2.10. The van der Waals surface area contributed by atoms with Crippen molar-refractivity contribution < 1.29 is 54.2 Å². The lowest BCUT2D eigenvalue weighted by Gasteiger charge is -2.30. The smallest absolute Gasteiger partial charge is 0.341 e. The largest absolute Gasteiger partial charge is 0.482 e. The van der Waals surface area contributed by atoms with Gasteiger partial charge in [-0.05, 0) is 18.2 Å². The molecule has 14 heteroatoms. The van der Waals surface area contributed by atoms with Crippen LogP contribution in [0.5, 0.6) is 5.75 Å². The van der Waals surface area contributed by atoms with Crippen LogP contribution in [0.2, 0.25) is 0 Å². The van der Waals surface area contributed by atoms with Crippen molar-refractivity contribution in [3.63, 3.8) is 0 Å². The third kappa shape index (κ3) is 8.85. The fourth-order valence-corrected chi connectivity index (χ4v) is 2.88. The number of nitrogen functional groups attached to an aromatic ring is 1. The Morgan fingerprint density at radius 2 is 1.41 bits per heavy atom. The number of ether oxygens (including phenoxy) is 1. The Morgan fingerprint density at radius 3 is 1.88 bits per heavy atom. The first-order valence-electron chi connectivity index (χ1n) is 8.99. The van der Waals surface area contributed by atoms with Crippen molar-refractivity contribution >= 4 is 35.5 Å². The van der Waals surface area contributed by atoms with Gasteiger partial charge in [-0.1, -0.05) is 0 Å². The maximum atomic E-state index is 12.1. The van der Waals surface area contributed by atoms with Gasteiger partial charge in [0.15, 0.2) is 6.61 Å². The number of carboxylic acid groups (broad SMARTS) is 5. The van der Waals surface area contributed by atoms with Gasteiger partial charge >= 0.3 is 29.8 Å². The number of carboxylic acids is 5. The average Bonchev–Trinajstić information content (AvgIpc) is 2.63. The van der Waals surface area contributed by atoms with Crippen LogP contribution in [0.15, 0.2) is 18.2 Å². The van der Waals surface area contributed by atoms with Crippen LogP contribution in [0.4, 0.5) is 5.69 Å². The van der Waals surface area contributed by atoms with E-state index in [1.54, 1.807) is 0 Å². The van der Waals surface area contributed by atoms with Crippen LogP contribution in [-0.4, -0.2) is 105 Å². The first kappa shape index (κ1) is 26.1. The Morgan fingerprint density at radius 1 is 0.844 bits per heavy atom. The third-order valence-electron chi connectivity index (χ3n) is 4.04. The number of anilines is 1. The van der Waals surface area contributed by atoms with Crippen molar-refractivity contribution in [1.29, 1.82) is 0 Å². The molecule has 32 heavy (non-hydrogen) atoms. The van der Waals surface area contributed by atoms with Crippen LogP contribution in [0.1, 0.15) is 11.6 Å². The number of carbonyl (C=O) groups is 5. The van der Waals surface area contributed by atoms with Crippen molar-refractivity contribution in [2.24, 2.45) is 0 Å². The Kier molecular flexibility index (Phi) is 9.85. The lowest BCUT2D eigenvalue weighted by molar-refractivity contribution is -0.148. The molecular weight excluding hydrogens is 434 g/mol. The fraction of sp³-hybridized carbons (Fsp3) is 0.389. The fourth-order valence-electron chi connectivity index (χ4n) is 2.88. The van der Waals surface area contributed by atoms with Gasteiger partial charge in [-0.3, -0.25) is 29.0 Å². The minimum absolute atomic E-state index is 0.0996. The summed E-state index contributed by atoms with van der Waals surface area (Å²) in [5.41, 5.74) is 5.69. The SMILES string of the molecule is Nc1ccc(OCC(=O)O)c(C(C(=O)O)N(CCN(CC(=O)O)CC(=O)O)CC(=O)O)c1. The van der Waals surface area contributed by atoms with Crippen LogP contribution >= 0.6 is 0 Å². The lowest BCUT2D eigenvalue weighted by Crippen LogP contribution is -2.44. The molecule has 1 aromatic carbocycles. The molecular formula is C18H23N3O11. The minimum atomic E-state index is -1.67. The summed E-state index contributed by atoms with van der Waals surface area (Å²) in [5.74, 6) is -7.06. The van der Waals surface area contributed by atoms with Crippen LogP contribution in [0.3, 0.4) is 0 Å². The summed E-state index contributed by atoms with van der Waals surface area (Å²) in [6.07, 6.45) is 0. The first-order chi connectivity index (χ1) is 14.9. The molecule has 0 aliphatic rings. The van der Waals surface area contributed by atoms with Crippen LogP contribution in [0, 0.1) is 0 Å². The summed E-state index contributed by atoms with van der Waals surface area (Å²) < 4.78 is 5.11. The number of benzene rings is 1. The first-order valence-corrected chi connectivity index (χ1v) is 8.99. The Balaban J connectivity index is 3.30. The van der Waals surface area contributed by atoms with E-state index in [0.717, 1.165) is 9.80 Å². The van der Waals surface area contributed by atoms with Crippen molar-refractivity contribution in [3.05, 3.63) is 23.8 Å². The van der Waals surface area contributed by atoms with Crippen molar-refractivity contribution in [2.75, 3.05) is 45.1 Å². The van der Waals surface area contributed by atoms with Gasteiger partial charge in [0, 0.05) is 24.3 Å². The minimum Gasteiger partial charge on any atom is -0.482 e. The molecule has 0 radical (unpaired) electrons. The molecule has 0 fully saturated rings.